The zero-order valence-electron chi connectivity index (χ0n) is 10.7. The summed E-state index contributed by atoms with van der Waals surface area (Å²) in [7, 11) is 0. The summed E-state index contributed by atoms with van der Waals surface area (Å²) in [6.07, 6.45) is 0. The lowest BCUT2D eigenvalue weighted by molar-refractivity contribution is 0.872. The van der Waals surface area contributed by atoms with E-state index in [9.17, 15) is 0 Å². The van der Waals surface area contributed by atoms with Gasteiger partial charge in [0.25, 0.3) is 0 Å². The van der Waals surface area contributed by atoms with Crippen molar-refractivity contribution in [3.8, 4) is 11.1 Å². The highest BCUT2D eigenvalue weighted by Gasteiger charge is 2.17. The molecule has 0 amide bonds. The first-order chi connectivity index (χ1) is 8.54. The molecule has 1 aromatic carbocycles. The van der Waals surface area contributed by atoms with Crippen LogP contribution in [0.25, 0.3) is 11.1 Å². The van der Waals surface area contributed by atoms with Gasteiger partial charge in [0, 0.05) is 33.9 Å². The van der Waals surface area contributed by atoms with Gasteiger partial charge in [-0.25, -0.2) is 0 Å². The van der Waals surface area contributed by atoms with Crippen molar-refractivity contribution in [2.75, 3.05) is 11.5 Å². The van der Waals surface area contributed by atoms with Gasteiger partial charge in [0.15, 0.2) is 0 Å². The van der Waals surface area contributed by atoms with E-state index in [0.717, 1.165) is 21.8 Å². The van der Waals surface area contributed by atoms with E-state index in [-0.39, 0.29) is 0 Å². The van der Waals surface area contributed by atoms with Gasteiger partial charge in [0.2, 0.25) is 0 Å². The van der Waals surface area contributed by atoms with E-state index in [1.54, 1.807) is 11.3 Å². The fraction of sp³-hybridized carbons (Fsp3) is 0.286. The van der Waals surface area contributed by atoms with Gasteiger partial charge in [-0.3, -0.25) is 0 Å². The Hall–Kier alpha value is -1.52. The van der Waals surface area contributed by atoms with Gasteiger partial charge in [-0.1, -0.05) is 13.8 Å². The second kappa shape index (κ2) is 5.00. The molecule has 6 N–H and O–H groups in total. The first-order valence-electron chi connectivity index (χ1n) is 6.00. The maximum Gasteiger partial charge on any atom is 0.0395 e. The molecule has 2 aromatic rings. The average Bonchev–Trinajstić information content (AvgIpc) is 2.75. The van der Waals surface area contributed by atoms with Crippen molar-refractivity contribution in [3.05, 3.63) is 34.0 Å². The predicted octanol–water partition coefficient (Wildman–Crippen LogP) is 3.16. The Morgan fingerprint density at radius 3 is 2.56 bits per heavy atom. The summed E-state index contributed by atoms with van der Waals surface area (Å²) in [5, 5.41) is 2.17. The third-order valence-electron chi connectivity index (χ3n) is 3.05. The van der Waals surface area contributed by atoms with E-state index in [4.69, 9.17) is 17.2 Å². The van der Waals surface area contributed by atoms with Crippen molar-refractivity contribution in [1.29, 1.82) is 0 Å². The van der Waals surface area contributed by atoms with Crippen LogP contribution in [0.3, 0.4) is 0 Å². The van der Waals surface area contributed by atoms with Crippen LogP contribution in [0.2, 0.25) is 0 Å². The lowest BCUT2D eigenvalue weighted by Crippen LogP contribution is -2.00. The maximum atomic E-state index is 6.08. The molecule has 0 atom stereocenters. The third-order valence-corrected chi connectivity index (χ3v) is 4.08. The Kier molecular flexibility index (Phi) is 3.59. The summed E-state index contributed by atoms with van der Waals surface area (Å²) in [5.41, 5.74) is 22.7. The smallest absolute Gasteiger partial charge is 0.0395 e. The summed E-state index contributed by atoms with van der Waals surface area (Å²) in [5.74, 6) is 0.442. The average molecular weight is 261 g/mol. The van der Waals surface area contributed by atoms with E-state index in [1.807, 2.05) is 18.2 Å². The van der Waals surface area contributed by atoms with Crippen LogP contribution in [0.15, 0.2) is 23.6 Å². The molecule has 1 heterocycles. The minimum absolute atomic E-state index is 0.442. The summed E-state index contributed by atoms with van der Waals surface area (Å²) < 4.78 is 0. The number of nitrogen functional groups attached to an aromatic ring is 2. The highest BCUT2D eigenvalue weighted by molar-refractivity contribution is 7.10. The second-order valence-corrected chi connectivity index (χ2v) is 5.66. The van der Waals surface area contributed by atoms with Gasteiger partial charge in [-0.2, -0.15) is 0 Å². The molecule has 0 aliphatic carbocycles. The molecule has 0 aliphatic rings. The monoisotopic (exact) mass is 261 g/mol. The van der Waals surface area contributed by atoms with Crippen molar-refractivity contribution < 1.29 is 0 Å². The quantitative estimate of drug-likeness (QED) is 0.743. The Morgan fingerprint density at radius 1 is 1.22 bits per heavy atom. The molecule has 2 rings (SSSR count). The molecule has 3 nitrogen and oxygen atoms in total. The number of nitrogens with two attached hydrogens (primary N) is 3. The molecule has 4 heteroatoms. The van der Waals surface area contributed by atoms with Gasteiger partial charge in [-0.15, -0.1) is 11.3 Å². The molecule has 18 heavy (non-hydrogen) atoms. The number of thiophene rings is 1. The summed E-state index contributed by atoms with van der Waals surface area (Å²) in [4.78, 5) is 1.16. The molecular formula is C14H19N3S. The van der Waals surface area contributed by atoms with Gasteiger partial charge < -0.3 is 17.2 Å². The largest absolute Gasteiger partial charge is 0.399 e. The summed E-state index contributed by atoms with van der Waals surface area (Å²) in [6.45, 7) is 4.88. The van der Waals surface area contributed by atoms with E-state index in [2.05, 4.69) is 19.2 Å². The van der Waals surface area contributed by atoms with Gasteiger partial charge in [-0.05, 0) is 35.1 Å². The first-order valence-corrected chi connectivity index (χ1v) is 6.88. The van der Waals surface area contributed by atoms with Crippen LogP contribution >= 0.6 is 11.3 Å². The highest BCUT2D eigenvalue weighted by atomic mass is 32.1. The van der Waals surface area contributed by atoms with Crippen molar-refractivity contribution in [2.45, 2.75) is 26.3 Å². The van der Waals surface area contributed by atoms with Gasteiger partial charge in [0.1, 0.15) is 0 Å². The summed E-state index contributed by atoms with van der Waals surface area (Å²) >= 11 is 1.69. The Bertz CT molecular complexity index is 558. The van der Waals surface area contributed by atoms with Crippen LogP contribution < -0.4 is 17.2 Å². The topological polar surface area (TPSA) is 78.1 Å². The van der Waals surface area contributed by atoms with E-state index < -0.39 is 0 Å². The van der Waals surface area contributed by atoms with Crippen LogP contribution in [-0.4, -0.2) is 0 Å². The molecule has 0 radical (unpaired) electrons. The minimum atomic E-state index is 0.442. The number of anilines is 2. The molecule has 0 bridgehead atoms. The van der Waals surface area contributed by atoms with Crippen LogP contribution in [-0.2, 0) is 6.54 Å². The predicted molar refractivity (Wildman–Crippen MR) is 80.6 cm³/mol. The highest BCUT2D eigenvalue weighted by Crippen LogP contribution is 2.40. The molecule has 1 aromatic heterocycles. The van der Waals surface area contributed by atoms with Crippen LogP contribution in [0.4, 0.5) is 11.4 Å². The molecular weight excluding hydrogens is 242 g/mol. The Labute approximate surface area is 112 Å². The van der Waals surface area contributed by atoms with Crippen LogP contribution in [0, 0.1) is 0 Å². The zero-order valence-corrected chi connectivity index (χ0v) is 11.6. The zero-order chi connectivity index (χ0) is 13.3. The molecule has 0 unspecified atom stereocenters. The lowest BCUT2D eigenvalue weighted by Gasteiger charge is -2.13. The van der Waals surface area contributed by atoms with Gasteiger partial charge in [0.05, 0.1) is 0 Å². The van der Waals surface area contributed by atoms with E-state index in [1.165, 1.54) is 11.1 Å². The van der Waals surface area contributed by atoms with Gasteiger partial charge >= 0.3 is 0 Å². The number of hydrogen-bond acceptors (Lipinski definition) is 4. The Morgan fingerprint density at radius 2 is 1.94 bits per heavy atom. The number of hydrogen-bond donors (Lipinski definition) is 3. The third kappa shape index (κ3) is 2.21. The molecule has 0 saturated heterocycles. The standard InChI is InChI=1S/C14H19N3S/c1-8(2)11-7-18-13(6-15)14(11)10-5-9(16)3-4-12(10)17/h3-5,7-8H,6,15-17H2,1-2H3. The number of benzene rings is 1. The summed E-state index contributed by atoms with van der Waals surface area (Å²) in [6, 6.07) is 5.61. The lowest BCUT2D eigenvalue weighted by atomic mass is 9.93. The van der Waals surface area contributed by atoms with E-state index >= 15 is 0 Å². The Balaban J connectivity index is 2.68. The second-order valence-electron chi connectivity index (χ2n) is 4.69. The minimum Gasteiger partial charge on any atom is -0.399 e. The molecule has 96 valence electrons. The SMILES string of the molecule is CC(C)c1csc(CN)c1-c1cc(N)ccc1N. The van der Waals surface area contributed by atoms with E-state index in [0.29, 0.717) is 12.5 Å². The van der Waals surface area contributed by atoms with Crippen molar-refractivity contribution in [3.63, 3.8) is 0 Å². The fourth-order valence-corrected chi connectivity index (χ4v) is 3.19. The molecule has 0 spiro atoms. The molecule has 0 fully saturated rings. The van der Waals surface area contributed by atoms with Crippen LogP contribution in [0.1, 0.15) is 30.2 Å². The van der Waals surface area contributed by atoms with Crippen molar-refractivity contribution in [2.24, 2.45) is 5.73 Å². The molecule has 0 saturated carbocycles. The van der Waals surface area contributed by atoms with Crippen LogP contribution in [0.5, 0.6) is 0 Å². The van der Waals surface area contributed by atoms with Crippen molar-refractivity contribution in [1.82, 2.24) is 0 Å². The normalized spacial score (nSPS) is 11.1. The van der Waals surface area contributed by atoms with Crippen molar-refractivity contribution >= 4 is 22.7 Å². The fourth-order valence-electron chi connectivity index (χ4n) is 2.08. The first kappa shape index (κ1) is 12.9. The molecule has 0 aliphatic heterocycles. The number of rotatable bonds is 3. The maximum absolute atomic E-state index is 6.08.